The van der Waals surface area contributed by atoms with Gasteiger partial charge in [-0.05, 0) is 50.8 Å². The zero-order valence-corrected chi connectivity index (χ0v) is 14.5. The molecule has 0 radical (unpaired) electrons. The number of aromatic hydroxyl groups is 2. The van der Waals surface area contributed by atoms with Gasteiger partial charge in [0.05, 0.1) is 5.56 Å². The van der Waals surface area contributed by atoms with E-state index in [1.807, 2.05) is 20.8 Å². The predicted molar refractivity (Wildman–Crippen MR) is 90.9 cm³/mol. The highest BCUT2D eigenvalue weighted by Gasteiger charge is 2.46. The Morgan fingerprint density at radius 1 is 1.25 bits per heavy atom. The third kappa shape index (κ3) is 1.71. The van der Waals surface area contributed by atoms with Gasteiger partial charge in [0.15, 0.2) is 17.3 Å². The third-order valence-corrected chi connectivity index (χ3v) is 6.02. The lowest BCUT2D eigenvalue weighted by Gasteiger charge is -2.42. The fourth-order valence-electron chi connectivity index (χ4n) is 4.51. The summed E-state index contributed by atoms with van der Waals surface area (Å²) in [6.45, 7) is 8.05. The molecule has 1 aliphatic heterocycles. The number of carbonyl (C=O) groups is 1. The van der Waals surface area contributed by atoms with Crippen LogP contribution in [0.1, 0.15) is 62.0 Å². The summed E-state index contributed by atoms with van der Waals surface area (Å²) in [6, 6.07) is 0. The van der Waals surface area contributed by atoms with E-state index in [0.29, 0.717) is 23.3 Å². The number of hydrogen-bond acceptors (Lipinski definition) is 4. The summed E-state index contributed by atoms with van der Waals surface area (Å²) in [5.74, 6) is 0.114. The Morgan fingerprint density at radius 3 is 2.67 bits per heavy atom. The van der Waals surface area contributed by atoms with Crippen molar-refractivity contribution in [2.24, 2.45) is 0 Å². The van der Waals surface area contributed by atoms with Crippen molar-refractivity contribution in [1.82, 2.24) is 0 Å². The highest BCUT2D eigenvalue weighted by atomic mass is 16.5. The zero-order chi connectivity index (χ0) is 17.4. The number of carbonyl (C=O) groups excluding carboxylic acids is 1. The molecule has 0 saturated heterocycles. The molecule has 4 nitrogen and oxygen atoms in total. The maximum Gasteiger partial charge on any atom is 0.190 e. The molecule has 2 N–H and O–H groups in total. The summed E-state index contributed by atoms with van der Waals surface area (Å²) in [5.41, 5.74) is 4.17. The molecule has 0 saturated carbocycles. The van der Waals surface area contributed by atoms with Gasteiger partial charge in [-0.15, -0.1) is 0 Å². The molecule has 3 aliphatic rings. The standard InChI is InChI=1S/C20H22O4/c1-9-5-6-20(4)13(11(9)3)8-14(21)15-16(20)18(23)19-12(17(15)22)7-10(2)24-19/h8,10,22-23H,5-7H2,1-4H3/t10-,20-/m1/s1. The van der Waals surface area contributed by atoms with E-state index < -0.39 is 5.41 Å². The Morgan fingerprint density at radius 2 is 1.96 bits per heavy atom. The maximum atomic E-state index is 12.8. The molecule has 2 aliphatic carbocycles. The minimum absolute atomic E-state index is 0.0207. The summed E-state index contributed by atoms with van der Waals surface area (Å²) in [4.78, 5) is 12.8. The van der Waals surface area contributed by atoms with Crippen molar-refractivity contribution in [3.8, 4) is 17.2 Å². The molecule has 1 heterocycles. The fourth-order valence-corrected chi connectivity index (χ4v) is 4.51. The lowest BCUT2D eigenvalue weighted by atomic mass is 9.61. The Bertz CT molecular complexity index is 859. The fraction of sp³-hybridized carbons (Fsp3) is 0.450. The average Bonchev–Trinajstić information content (AvgIpc) is 2.92. The van der Waals surface area contributed by atoms with Crippen molar-refractivity contribution in [2.45, 2.75) is 58.5 Å². The molecule has 0 spiro atoms. The van der Waals surface area contributed by atoms with E-state index in [4.69, 9.17) is 4.74 Å². The van der Waals surface area contributed by atoms with Crippen molar-refractivity contribution in [3.05, 3.63) is 39.5 Å². The van der Waals surface area contributed by atoms with Crippen molar-refractivity contribution in [2.75, 3.05) is 0 Å². The number of allylic oxidation sites excluding steroid dienone is 4. The van der Waals surface area contributed by atoms with E-state index in [-0.39, 0.29) is 28.9 Å². The first-order chi connectivity index (χ1) is 11.3. The second kappa shape index (κ2) is 4.65. The van der Waals surface area contributed by atoms with Crippen molar-refractivity contribution >= 4 is 5.78 Å². The highest BCUT2D eigenvalue weighted by molar-refractivity contribution is 6.12. The second-order valence-corrected chi connectivity index (χ2v) is 7.55. The van der Waals surface area contributed by atoms with Gasteiger partial charge in [0.25, 0.3) is 0 Å². The Labute approximate surface area is 141 Å². The minimum Gasteiger partial charge on any atom is -0.507 e. The number of phenolic OH excluding ortho intramolecular Hbond substituents is 2. The van der Waals surface area contributed by atoms with Crippen LogP contribution in [-0.4, -0.2) is 22.1 Å². The molecule has 0 bridgehead atoms. The normalized spacial score (nSPS) is 28.1. The smallest absolute Gasteiger partial charge is 0.190 e. The average molecular weight is 326 g/mol. The maximum absolute atomic E-state index is 12.8. The van der Waals surface area contributed by atoms with Crippen LogP contribution in [0.25, 0.3) is 0 Å². The van der Waals surface area contributed by atoms with Gasteiger partial charge in [0.1, 0.15) is 11.9 Å². The quantitative estimate of drug-likeness (QED) is 0.709. The van der Waals surface area contributed by atoms with Crippen LogP contribution >= 0.6 is 0 Å². The number of rotatable bonds is 0. The number of ether oxygens (including phenoxy) is 1. The molecule has 0 fully saturated rings. The Balaban J connectivity index is 2.06. The SMILES string of the molecule is CC1=C(C)C2=CC(=O)c3c(O)c4c(c(O)c3[C@]2(C)CC1)O[C@H](C)C4. The van der Waals surface area contributed by atoms with Crippen molar-refractivity contribution < 1.29 is 19.7 Å². The Kier molecular flexibility index (Phi) is 2.97. The first kappa shape index (κ1) is 15.3. The number of phenols is 2. The van der Waals surface area contributed by atoms with Gasteiger partial charge in [0.2, 0.25) is 0 Å². The van der Waals surface area contributed by atoms with Crippen LogP contribution in [0.3, 0.4) is 0 Å². The molecular weight excluding hydrogens is 304 g/mol. The first-order valence-electron chi connectivity index (χ1n) is 8.46. The van der Waals surface area contributed by atoms with Crippen molar-refractivity contribution in [1.29, 1.82) is 0 Å². The third-order valence-electron chi connectivity index (χ3n) is 6.02. The summed E-state index contributed by atoms with van der Waals surface area (Å²) in [6.07, 6.45) is 3.73. The van der Waals surface area contributed by atoms with Crippen LogP contribution in [0, 0.1) is 0 Å². The molecule has 2 atom stereocenters. The molecule has 1 aromatic rings. The van der Waals surface area contributed by atoms with Crippen LogP contribution < -0.4 is 4.74 Å². The van der Waals surface area contributed by atoms with E-state index in [0.717, 1.165) is 24.0 Å². The van der Waals surface area contributed by atoms with Gasteiger partial charge >= 0.3 is 0 Å². The second-order valence-electron chi connectivity index (χ2n) is 7.55. The topological polar surface area (TPSA) is 66.8 Å². The van der Waals surface area contributed by atoms with E-state index in [2.05, 4.69) is 6.92 Å². The van der Waals surface area contributed by atoms with Crippen LogP contribution in [0.2, 0.25) is 0 Å². The molecule has 0 unspecified atom stereocenters. The number of fused-ring (bicyclic) bond motifs is 4. The molecule has 0 amide bonds. The van der Waals surface area contributed by atoms with Gasteiger partial charge in [-0.25, -0.2) is 0 Å². The predicted octanol–water partition coefficient (Wildman–Crippen LogP) is 3.93. The largest absolute Gasteiger partial charge is 0.507 e. The highest BCUT2D eigenvalue weighted by Crippen LogP contribution is 2.58. The van der Waals surface area contributed by atoms with Gasteiger partial charge in [0, 0.05) is 23.0 Å². The van der Waals surface area contributed by atoms with E-state index in [1.54, 1.807) is 6.08 Å². The molecular formula is C20H22O4. The molecule has 126 valence electrons. The summed E-state index contributed by atoms with van der Waals surface area (Å²) < 4.78 is 5.74. The monoisotopic (exact) mass is 326 g/mol. The lowest BCUT2D eigenvalue weighted by Crippen LogP contribution is -2.34. The van der Waals surface area contributed by atoms with Gasteiger partial charge < -0.3 is 14.9 Å². The van der Waals surface area contributed by atoms with E-state index >= 15 is 0 Å². The van der Waals surface area contributed by atoms with Crippen molar-refractivity contribution in [3.63, 3.8) is 0 Å². The molecule has 1 aromatic carbocycles. The van der Waals surface area contributed by atoms with E-state index in [1.165, 1.54) is 5.57 Å². The minimum atomic E-state index is -0.487. The zero-order valence-electron chi connectivity index (χ0n) is 14.5. The molecule has 24 heavy (non-hydrogen) atoms. The van der Waals surface area contributed by atoms with Crippen LogP contribution in [0.4, 0.5) is 0 Å². The molecule has 0 aromatic heterocycles. The van der Waals surface area contributed by atoms with Crippen LogP contribution in [0.15, 0.2) is 22.8 Å². The van der Waals surface area contributed by atoms with Gasteiger partial charge in [-0.2, -0.15) is 0 Å². The Hall–Kier alpha value is -2.23. The number of hydrogen-bond donors (Lipinski definition) is 2. The summed E-state index contributed by atoms with van der Waals surface area (Å²) in [5, 5.41) is 21.7. The summed E-state index contributed by atoms with van der Waals surface area (Å²) in [7, 11) is 0. The molecule has 4 heteroatoms. The van der Waals surface area contributed by atoms with Gasteiger partial charge in [-0.1, -0.05) is 12.5 Å². The summed E-state index contributed by atoms with van der Waals surface area (Å²) >= 11 is 0. The first-order valence-corrected chi connectivity index (χ1v) is 8.46. The van der Waals surface area contributed by atoms with Crippen LogP contribution in [0.5, 0.6) is 17.2 Å². The number of benzene rings is 1. The molecule has 4 rings (SSSR count). The van der Waals surface area contributed by atoms with Gasteiger partial charge in [-0.3, -0.25) is 4.79 Å². The number of ketones is 1. The van der Waals surface area contributed by atoms with E-state index in [9.17, 15) is 15.0 Å². The van der Waals surface area contributed by atoms with Crippen LogP contribution in [-0.2, 0) is 11.8 Å². The lowest BCUT2D eigenvalue weighted by molar-refractivity contribution is 0.103.